The van der Waals surface area contributed by atoms with Gasteiger partial charge in [0.25, 0.3) is 0 Å². The molecule has 1 rings (SSSR count). The predicted molar refractivity (Wildman–Crippen MR) is 56.7 cm³/mol. The minimum absolute atomic E-state index is 0.158. The molecule has 0 spiro atoms. The second kappa shape index (κ2) is 5.14. The predicted octanol–water partition coefficient (Wildman–Crippen LogP) is -0.638. The normalized spacial score (nSPS) is 9.50. The Balaban J connectivity index is 3.08. The van der Waals surface area contributed by atoms with Crippen LogP contribution in [0.3, 0.4) is 0 Å². The van der Waals surface area contributed by atoms with Gasteiger partial charge in [-0.05, 0) is 6.07 Å². The molecule has 2 amide bonds. The van der Waals surface area contributed by atoms with Gasteiger partial charge in [0.1, 0.15) is 5.69 Å². The molecular weight excluding hydrogens is 214 g/mol. The Kier molecular flexibility index (Phi) is 3.86. The summed E-state index contributed by atoms with van der Waals surface area (Å²) >= 11 is 0. The maximum Gasteiger partial charge on any atom is 0.350 e. The van der Waals surface area contributed by atoms with Crippen LogP contribution < -0.4 is 31.6 Å². The highest BCUT2D eigenvalue weighted by Crippen LogP contribution is 2.26. The summed E-state index contributed by atoms with van der Waals surface area (Å²) in [5.41, 5.74) is 2.16. The van der Waals surface area contributed by atoms with Crippen molar-refractivity contribution in [2.75, 3.05) is 19.2 Å². The van der Waals surface area contributed by atoms with Crippen LogP contribution >= 0.6 is 0 Å². The van der Waals surface area contributed by atoms with E-state index >= 15 is 0 Å². The SMILES string of the molecule is COc1ccc(N(N)C(=O)NN)c(OC)n1. The first kappa shape index (κ1) is 12.0. The van der Waals surface area contributed by atoms with E-state index in [9.17, 15) is 4.79 Å². The molecule has 0 fully saturated rings. The van der Waals surface area contributed by atoms with Gasteiger partial charge in [-0.1, -0.05) is 0 Å². The molecule has 1 aromatic rings. The number of carbonyl (C=O) groups excluding carboxylic acids is 1. The van der Waals surface area contributed by atoms with Crippen LogP contribution in [0, 0.1) is 0 Å². The van der Waals surface area contributed by atoms with E-state index in [4.69, 9.17) is 21.2 Å². The number of hydrogen-bond acceptors (Lipinski definition) is 6. The third kappa shape index (κ3) is 2.30. The van der Waals surface area contributed by atoms with Crippen LogP contribution in [0.25, 0.3) is 0 Å². The van der Waals surface area contributed by atoms with Gasteiger partial charge in [-0.2, -0.15) is 4.98 Å². The summed E-state index contributed by atoms with van der Waals surface area (Å²) in [6, 6.07) is 2.38. The largest absolute Gasteiger partial charge is 0.481 e. The molecule has 5 N–H and O–H groups in total. The van der Waals surface area contributed by atoms with Crippen LogP contribution in [0.15, 0.2) is 12.1 Å². The number of amides is 2. The van der Waals surface area contributed by atoms with Crippen molar-refractivity contribution in [2.45, 2.75) is 0 Å². The first-order valence-electron chi connectivity index (χ1n) is 4.28. The topological polar surface area (TPSA) is 116 Å². The molecule has 8 heteroatoms. The van der Waals surface area contributed by atoms with Gasteiger partial charge in [-0.25, -0.2) is 21.5 Å². The lowest BCUT2D eigenvalue weighted by Gasteiger charge is -2.17. The monoisotopic (exact) mass is 227 g/mol. The minimum Gasteiger partial charge on any atom is -0.481 e. The molecule has 0 aliphatic rings. The molecule has 88 valence electrons. The molecule has 1 aromatic heterocycles. The smallest absolute Gasteiger partial charge is 0.350 e. The number of hydrogen-bond donors (Lipinski definition) is 3. The van der Waals surface area contributed by atoms with Crippen molar-refractivity contribution in [3.8, 4) is 11.8 Å². The molecule has 0 atom stereocenters. The second-order valence-electron chi connectivity index (χ2n) is 2.70. The molecule has 16 heavy (non-hydrogen) atoms. The number of pyridine rings is 1. The van der Waals surface area contributed by atoms with Gasteiger partial charge in [0.15, 0.2) is 0 Å². The number of carbonyl (C=O) groups is 1. The van der Waals surface area contributed by atoms with E-state index in [0.29, 0.717) is 5.88 Å². The van der Waals surface area contributed by atoms with Crippen LogP contribution in [0.1, 0.15) is 0 Å². The molecule has 0 aromatic carbocycles. The van der Waals surface area contributed by atoms with Crippen molar-refractivity contribution in [2.24, 2.45) is 11.7 Å². The number of rotatable bonds is 3. The molecule has 0 aliphatic heterocycles. The van der Waals surface area contributed by atoms with Crippen LogP contribution in [0.2, 0.25) is 0 Å². The number of aromatic nitrogens is 1. The summed E-state index contributed by atoms with van der Waals surface area (Å²) in [5, 5.41) is 0.783. The third-order valence-electron chi connectivity index (χ3n) is 1.82. The van der Waals surface area contributed by atoms with Crippen molar-refractivity contribution in [1.29, 1.82) is 0 Å². The van der Waals surface area contributed by atoms with Crippen molar-refractivity contribution in [3.05, 3.63) is 12.1 Å². The zero-order chi connectivity index (χ0) is 12.1. The van der Waals surface area contributed by atoms with E-state index in [1.54, 1.807) is 6.07 Å². The van der Waals surface area contributed by atoms with Crippen LogP contribution in [-0.4, -0.2) is 25.2 Å². The first-order chi connectivity index (χ1) is 7.63. The average Bonchev–Trinajstić information content (AvgIpc) is 2.35. The lowest BCUT2D eigenvalue weighted by atomic mass is 10.4. The molecule has 1 heterocycles. The molecule has 0 bridgehead atoms. The van der Waals surface area contributed by atoms with Gasteiger partial charge in [0.2, 0.25) is 11.8 Å². The fourth-order valence-corrected chi connectivity index (χ4v) is 1.04. The van der Waals surface area contributed by atoms with Gasteiger partial charge in [-0.3, -0.25) is 5.43 Å². The van der Waals surface area contributed by atoms with Crippen molar-refractivity contribution < 1.29 is 14.3 Å². The van der Waals surface area contributed by atoms with Crippen molar-refractivity contribution in [3.63, 3.8) is 0 Å². The third-order valence-corrected chi connectivity index (χ3v) is 1.82. The van der Waals surface area contributed by atoms with Gasteiger partial charge in [0, 0.05) is 6.07 Å². The summed E-state index contributed by atoms with van der Waals surface area (Å²) in [7, 11) is 2.87. The van der Waals surface area contributed by atoms with Crippen molar-refractivity contribution >= 4 is 11.7 Å². The first-order valence-corrected chi connectivity index (χ1v) is 4.28. The highest BCUT2D eigenvalue weighted by Gasteiger charge is 2.16. The van der Waals surface area contributed by atoms with E-state index in [-0.39, 0.29) is 11.6 Å². The summed E-state index contributed by atoms with van der Waals surface area (Å²) < 4.78 is 9.87. The number of hydrazine groups is 2. The van der Waals surface area contributed by atoms with E-state index in [2.05, 4.69) is 4.98 Å². The Morgan fingerprint density at radius 2 is 2.12 bits per heavy atom. The fourth-order valence-electron chi connectivity index (χ4n) is 1.04. The van der Waals surface area contributed by atoms with Gasteiger partial charge in [-0.15, -0.1) is 0 Å². The molecule has 0 radical (unpaired) electrons. The Morgan fingerprint density at radius 3 is 2.62 bits per heavy atom. The Bertz CT molecular complexity index is 384. The Morgan fingerprint density at radius 1 is 1.44 bits per heavy atom. The van der Waals surface area contributed by atoms with Crippen LogP contribution in [-0.2, 0) is 0 Å². The van der Waals surface area contributed by atoms with Crippen LogP contribution in [0.5, 0.6) is 11.8 Å². The quantitative estimate of drug-likeness (QED) is 0.359. The van der Waals surface area contributed by atoms with Gasteiger partial charge >= 0.3 is 6.03 Å². The standard InChI is InChI=1S/C8H13N5O3/c1-15-6-4-3-5(7(11-6)16-2)13(10)8(14)12-9/h3-4H,9-10H2,1-2H3,(H,12,14). The lowest BCUT2D eigenvalue weighted by Crippen LogP contribution is -2.47. The molecule has 0 saturated heterocycles. The summed E-state index contributed by atoms with van der Waals surface area (Å²) in [6.07, 6.45) is 0. The molecular formula is C8H13N5O3. The average molecular weight is 227 g/mol. The molecule has 8 nitrogen and oxygen atoms in total. The summed E-state index contributed by atoms with van der Waals surface area (Å²) in [5.74, 6) is 11.0. The lowest BCUT2D eigenvalue weighted by molar-refractivity contribution is 0.246. The number of nitrogens with zero attached hydrogens (tertiary/aromatic N) is 2. The van der Waals surface area contributed by atoms with Crippen molar-refractivity contribution in [1.82, 2.24) is 10.4 Å². The Hall–Kier alpha value is -2.06. The number of nitrogens with two attached hydrogens (primary N) is 2. The minimum atomic E-state index is -0.690. The maximum absolute atomic E-state index is 11.2. The highest BCUT2D eigenvalue weighted by atomic mass is 16.5. The highest BCUT2D eigenvalue weighted by molar-refractivity contribution is 5.91. The Labute approximate surface area is 92.1 Å². The maximum atomic E-state index is 11.2. The van der Waals surface area contributed by atoms with E-state index in [0.717, 1.165) is 5.01 Å². The number of ether oxygens (including phenoxy) is 2. The second-order valence-corrected chi connectivity index (χ2v) is 2.70. The number of methoxy groups -OCH3 is 2. The number of urea groups is 1. The number of anilines is 1. The zero-order valence-electron chi connectivity index (χ0n) is 8.93. The molecule has 0 saturated carbocycles. The van der Waals surface area contributed by atoms with E-state index < -0.39 is 6.03 Å². The fraction of sp³-hybridized carbons (Fsp3) is 0.250. The van der Waals surface area contributed by atoms with E-state index in [1.165, 1.54) is 20.3 Å². The van der Waals surface area contributed by atoms with E-state index in [1.807, 2.05) is 5.43 Å². The summed E-state index contributed by atoms with van der Waals surface area (Å²) in [4.78, 5) is 15.1. The molecule has 0 unspecified atom stereocenters. The van der Waals surface area contributed by atoms with Gasteiger partial charge in [0.05, 0.1) is 14.2 Å². The summed E-state index contributed by atoms with van der Waals surface area (Å²) in [6.45, 7) is 0. The molecule has 0 aliphatic carbocycles. The van der Waals surface area contributed by atoms with Gasteiger partial charge < -0.3 is 9.47 Å². The number of nitrogens with one attached hydrogen (secondary N) is 1. The zero-order valence-corrected chi connectivity index (χ0v) is 8.93. The van der Waals surface area contributed by atoms with Crippen LogP contribution in [0.4, 0.5) is 10.5 Å².